The van der Waals surface area contributed by atoms with Crippen molar-refractivity contribution in [2.24, 2.45) is 0 Å². The van der Waals surface area contributed by atoms with Crippen LogP contribution in [0.5, 0.6) is 0 Å². The highest BCUT2D eigenvalue weighted by atomic mass is 16.4. The topological polar surface area (TPSA) is 74.2 Å². The van der Waals surface area contributed by atoms with Gasteiger partial charge in [0.05, 0.1) is 5.69 Å². The van der Waals surface area contributed by atoms with Crippen LogP contribution in [0.1, 0.15) is 11.3 Å². The van der Waals surface area contributed by atoms with Gasteiger partial charge in [0.1, 0.15) is 5.82 Å². The third-order valence-corrected chi connectivity index (χ3v) is 1.94. The second kappa shape index (κ2) is 3.95. The number of rotatable bonds is 2. The Bertz CT molecular complexity index is 363. The van der Waals surface area contributed by atoms with Crippen LogP contribution >= 0.6 is 0 Å². The summed E-state index contributed by atoms with van der Waals surface area (Å²) in [7, 11) is 1.70. The van der Waals surface area contributed by atoms with Gasteiger partial charge in [-0.3, -0.25) is 5.32 Å². The van der Waals surface area contributed by atoms with E-state index in [4.69, 9.17) is 5.11 Å². The van der Waals surface area contributed by atoms with Gasteiger partial charge in [0.15, 0.2) is 0 Å². The van der Waals surface area contributed by atoms with E-state index in [9.17, 15) is 4.79 Å². The van der Waals surface area contributed by atoms with E-state index in [1.165, 1.54) is 0 Å². The van der Waals surface area contributed by atoms with Gasteiger partial charge < -0.3 is 10.4 Å². The van der Waals surface area contributed by atoms with Crippen LogP contribution in [0, 0.1) is 13.8 Å². The van der Waals surface area contributed by atoms with E-state index in [0.29, 0.717) is 11.5 Å². The molecule has 0 saturated heterocycles. The van der Waals surface area contributed by atoms with Gasteiger partial charge in [0, 0.05) is 12.7 Å². The highest BCUT2D eigenvalue weighted by molar-refractivity contribution is 5.87. The molecule has 1 amide bonds. The molecule has 0 aliphatic carbocycles. The molecule has 1 rings (SSSR count). The minimum Gasteiger partial charge on any atom is -0.465 e. The number of carbonyl (C=O) groups is 1. The first-order valence-electron chi connectivity index (χ1n) is 4.20. The Balaban J connectivity index is 3.13. The number of hydrogen-bond donors (Lipinski definition) is 3. The largest absolute Gasteiger partial charge is 0.465 e. The molecule has 0 atom stereocenters. The first kappa shape index (κ1) is 10.3. The Morgan fingerprint density at radius 1 is 1.50 bits per heavy atom. The lowest BCUT2D eigenvalue weighted by molar-refractivity contribution is 0.210. The molecule has 5 heteroatoms. The van der Waals surface area contributed by atoms with Crippen LogP contribution in [-0.4, -0.2) is 23.2 Å². The van der Waals surface area contributed by atoms with E-state index in [1.54, 1.807) is 13.1 Å². The lowest BCUT2D eigenvalue weighted by Gasteiger charge is -2.10. The summed E-state index contributed by atoms with van der Waals surface area (Å²) < 4.78 is 0. The van der Waals surface area contributed by atoms with Gasteiger partial charge in [-0.25, -0.2) is 9.78 Å². The van der Waals surface area contributed by atoms with E-state index in [1.807, 2.05) is 13.8 Å². The Hall–Kier alpha value is -1.78. The van der Waals surface area contributed by atoms with Crippen molar-refractivity contribution in [2.75, 3.05) is 17.7 Å². The summed E-state index contributed by atoms with van der Waals surface area (Å²) in [6, 6.07) is 1.75. The van der Waals surface area contributed by atoms with Crippen LogP contribution in [0.3, 0.4) is 0 Å². The predicted molar refractivity (Wildman–Crippen MR) is 54.9 cm³/mol. The second-order valence-electron chi connectivity index (χ2n) is 2.97. The molecular weight excluding hydrogens is 182 g/mol. The lowest BCUT2D eigenvalue weighted by Crippen LogP contribution is -2.11. The third-order valence-electron chi connectivity index (χ3n) is 1.94. The van der Waals surface area contributed by atoms with Crippen molar-refractivity contribution in [3.8, 4) is 0 Å². The Kier molecular flexibility index (Phi) is 2.91. The lowest BCUT2D eigenvalue weighted by atomic mass is 10.2. The predicted octanol–water partition coefficient (Wildman–Crippen LogP) is 1.83. The smallest absolute Gasteiger partial charge is 0.409 e. The first-order chi connectivity index (χ1) is 6.54. The molecule has 1 aromatic rings. The summed E-state index contributed by atoms with van der Waals surface area (Å²) in [6.45, 7) is 3.76. The minimum absolute atomic E-state index is 0.475. The van der Waals surface area contributed by atoms with E-state index in [2.05, 4.69) is 15.6 Å². The van der Waals surface area contributed by atoms with Crippen molar-refractivity contribution in [2.45, 2.75) is 13.8 Å². The fraction of sp³-hybridized carbons (Fsp3) is 0.333. The number of aryl methyl sites for hydroxylation is 2. The van der Waals surface area contributed by atoms with E-state index >= 15 is 0 Å². The summed E-state index contributed by atoms with van der Waals surface area (Å²) >= 11 is 0. The first-order valence-corrected chi connectivity index (χ1v) is 4.20. The maximum atomic E-state index is 10.5. The van der Waals surface area contributed by atoms with Crippen molar-refractivity contribution in [3.63, 3.8) is 0 Å². The summed E-state index contributed by atoms with van der Waals surface area (Å²) in [6.07, 6.45) is -1.09. The SMILES string of the molecule is CNc1nc(C)c(C)cc1NC(=O)O. The number of pyridine rings is 1. The van der Waals surface area contributed by atoms with Gasteiger partial charge in [-0.15, -0.1) is 0 Å². The monoisotopic (exact) mass is 195 g/mol. The quantitative estimate of drug-likeness (QED) is 0.673. The fourth-order valence-corrected chi connectivity index (χ4v) is 1.11. The Labute approximate surface area is 82.2 Å². The molecule has 0 radical (unpaired) electrons. The number of nitrogens with one attached hydrogen (secondary N) is 2. The van der Waals surface area contributed by atoms with Gasteiger partial charge in [-0.05, 0) is 25.5 Å². The van der Waals surface area contributed by atoms with Crippen molar-refractivity contribution < 1.29 is 9.90 Å². The van der Waals surface area contributed by atoms with Gasteiger partial charge in [-0.2, -0.15) is 0 Å². The van der Waals surface area contributed by atoms with Crippen molar-refractivity contribution in [1.29, 1.82) is 0 Å². The number of aromatic nitrogens is 1. The molecule has 0 aliphatic rings. The molecule has 0 unspecified atom stereocenters. The molecule has 0 aliphatic heterocycles. The number of nitrogens with zero attached hydrogens (tertiary/aromatic N) is 1. The van der Waals surface area contributed by atoms with Crippen molar-refractivity contribution >= 4 is 17.6 Å². The van der Waals surface area contributed by atoms with Crippen LogP contribution in [0.15, 0.2) is 6.07 Å². The van der Waals surface area contributed by atoms with E-state index in [-0.39, 0.29) is 0 Å². The molecule has 76 valence electrons. The fourth-order valence-electron chi connectivity index (χ4n) is 1.11. The molecule has 1 aromatic heterocycles. The average molecular weight is 195 g/mol. The molecule has 0 saturated carbocycles. The van der Waals surface area contributed by atoms with E-state index in [0.717, 1.165) is 11.3 Å². The number of amides is 1. The molecule has 0 spiro atoms. The zero-order valence-corrected chi connectivity index (χ0v) is 8.38. The van der Waals surface area contributed by atoms with Gasteiger partial charge in [-0.1, -0.05) is 0 Å². The van der Waals surface area contributed by atoms with Gasteiger partial charge in [0.25, 0.3) is 0 Å². The maximum absolute atomic E-state index is 10.5. The normalized spacial score (nSPS) is 9.64. The molecule has 0 bridgehead atoms. The minimum atomic E-state index is -1.09. The van der Waals surface area contributed by atoms with E-state index < -0.39 is 6.09 Å². The molecule has 0 aromatic carbocycles. The summed E-state index contributed by atoms with van der Waals surface area (Å²) in [5.74, 6) is 0.538. The summed E-state index contributed by atoms with van der Waals surface area (Å²) in [4.78, 5) is 14.7. The molecule has 5 nitrogen and oxygen atoms in total. The Morgan fingerprint density at radius 3 is 2.64 bits per heavy atom. The summed E-state index contributed by atoms with van der Waals surface area (Å²) in [5.41, 5.74) is 2.31. The third kappa shape index (κ3) is 2.12. The molecule has 0 fully saturated rings. The van der Waals surface area contributed by atoms with Crippen molar-refractivity contribution in [3.05, 3.63) is 17.3 Å². The van der Waals surface area contributed by atoms with Crippen LogP contribution in [0.4, 0.5) is 16.3 Å². The molecule has 14 heavy (non-hydrogen) atoms. The van der Waals surface area contributed by atoms with Crippen molar-refractivity contribution in [1.82, 2.24) is 4.98 Å². The van der Waals surface area contributed by atoms with Gasteiger partial charge >= 0.3 is 6.09 Å². The standard InChI is InChI=1S/C9H13N3O2/c1-5-4-7(12-9(13)14)8(10-3)11-6(5)2/h4,12H,1-3H3,(H,10,11)(H,13,14). The van der Waals surface area contributed by atoms with Gasteiger partial charge in [0.2, 0.25) is 0 Å². The molecule has 3 N–H and O–H groups in total. The van der Waals surface area contributed by atoms with Crippen LogP contribution in [0.25, 0.3) is 0 Å². The molecule has 1 heterocycles. The van der Waals surface area contributed by atoms with Crippen LogP contribution < -0.4 is 10.6 Å². The maximum Gasteiger partial charge on any atom is 0.409 e. The molecular formula is C9H13N3O2. The second-order valence-corrected chi connectivity index (χ2v) is 2.97. The number of anilines is 2. The van der Waals surface area contributed by atoms with Crippen LogP contribution in [-0.2, 0) is 0 Å². The average Bonchev–Trinajstić information content (AvgIpc) is 2.10. The zero-order valence-electron chi connectivity index (χ0n) is 8.38. The Morgan fingerprint density at radius 2 is 2.14 bits per heavy atom. The highest BCUT2D eigenvalue weighted by Gasteiger charge is 2.07. The number of carboxylic acid groups (broad SMARTS) is 1. The highest BCUT2D eigenvalue weighted by Crippen LogP contribution is 2.21. The zero-order chi connectivity index (χ0) is 10.7. The number of hydrogen-bond acceptors (Lipinski definition) is 3. The summed E-state index contributed by atoms with van der Waals surface area (Å²) in [5, 5.41) is 13.7. The van der Waals surface area contributed by atoms with Crippen LogP contribution in [0.2, 0.25) is 0 Å².